The van der Waals surface area contributed by atoms with Crippen LogP contribution >= 0.6 is 0 Å². The third kappa shape index (κ3) is 4.09. The highest BCUT2D eigenvalue weighted by Gasteiger charge is 2.20. The fraction of sp³-hybridized carbons (Fsp3) is 0.292. The first-order valence-electron chi connectivity index (χ1n) is 10.7. The molecule has 1 saturated heterocycles. The predicted octanol–water partition coefficient (Wildman–Crippen LogP) is 2.97. The average molecular weight is 415 g/mol. The van der Waals surface area contributed by atoms with Gasteiger partial charge in [-0.15, -0.1) is 0 Å². The van der Waals surface area contributed by atoms with Gasteiger partial charge in [0.05, 0.1) is 17.3 Å². The maximum atomic E-state index is 13.0. The zero-order chi connectivity index (χ0) is 21.2. The molecule has 4 aromatic rings. The summed E-state index contributed by atoms with van der Waals surface area (Å²) in [4.78, 5) is 17.5. The number of benzene rings is 1. The average Bonchev–Trinajstić information content (AvgIpc) is 3.39. The fourth-order valence-corrected chi connectivity index (χ4v) is 4.22. The van der Waals surface area contributed by atoms with Crippen molar-refractivity contribution in [3.05, 3.63) is 72.3 Å². The molecule has 7 heteroatoms. The van der Waals surface area contributed by atoms with Gasteiger partial charge in [-0.1, -0.05) is 24.3 Å². The Labute approximate surface area is 181 Å². The molecule has 31 heavy (non-hydrogen) atoms. The number of nitrogens with zero attached hydrogens (tertiary/aromatic N) is 4. The lowest BCUT2D eigenvalue weighted by Gasteiger charge is -2.23. The van der Waals surface area contributed by atoms with Crippen LogP contribution in [0.15, 0.2) is 61.2 Å². The van der Waals surface area contributed by atoms with E-state index in [0.29, 0.717) is 12.1 Å². The van der Waals surface area contributed by atoms with Gasteiger partial charge < -0.3 is 15.2 Å². The lowest BCUT2D eigenvalue weighted by molar-refractivity contribution is 0.0931. The molecule has 0 atom stereocenters. The molecule has 0 bridgehead atoms. The number of hydrogen-bond donors (Lipinski definition) is 2. The van der Waals surface area contributed by atoms with Crippen molar-refractivity contribution in [2.75, 3.05) is 13.1 Å². The van der Waals surface area contributed by atoms with Crippen LogP contribution in [-0.2, 0) is 13.6 Å². The van der Waals surface area contributed by atoms with Crippen LogP contribution in [0.5, 0.6) is 0 Å². The van der Waals surface area contributed by atoms with Gasteiger partial charge in [0, 0.05) is 43.8 Å². The maximum Gasteiger partial charge on any atom is 0.255 e. The third-order valence-electron chi connectivity index (χ3n) is 5.90. The second-order valence-electron chi connectivity index (χ2n) is 8.14. The third-order valence-corrected chi connectivity index (χ3v) is 5.90. The van der Waals surface area contributed by atoms with Gasteiger partial charge >= 0.3 is 0 Å². The summed E-state index contributed by atoms with van der Waals surface area (Å²) in [6, 6.07) is 12.6. The van der Waals surface area contributed by atoms with Crippen LogP contribution in [0.1, 0.15) is 28.8 Å². The Morgan fingerprint density at radius 3 is 2.68 bits per heavy atom. The van der Waals surface area contributed by atoms with Crippen molar-refractivity contribution in [2.45, 2.75) is 25.4 Å². The molecule has 1 amide bonds. The Bertz CT molecular complexity index is 1200. The van der Waals surface area contributed by atoms with Gasteiger partial charge in [-0.25, -0.2) is 0 Å². The number of carbonyl (C=O) groups excluding carboxylic acids is 1. The molecule has 1 aliphatic heterocycles. The van der Waals surface area contributed by atoms with Crippen molar-refractivity contribution in [1.82, 2.24) is 30.0 Å². The lowest BCUT2D eigenvalue weighted by Crippen LogP contribution is -2.42. The standard InChI is InChI=1S/C24H26N6O/c1-29-15-19(13-27-29)18-6-4-17(5-7-18)14-30-16-21(23-22(30)3-2-10-26-23)24(31)28-20-8-11-25-12-9-20/h2-7,10,13,15-16,20,25H,8-9,11-12,14H2,1H3,(H,28,31). The van der Waals surface area contributed by atoms with Crippen molar-refractivity contribution in [1.29, 1.82) is 0 Å². The Kier molecular flexibility index (Phi) is 5.26. The number of aromatic nitrogens is 4. The van der Waals surface area contributed by atoms with Gasteiger partial charge in [0.2, 0.25) is 0 Å². The van der Waals surface area contributed by atoms with Gasteiger partial charge in [-0.3, -0.25) is 14.5 Å². The molecule has 1 aliphatic rings. The van der Waals surface area contributed by atoms with Crippen molar-refractivity contribution >= 4 is 16.9 Å². The normalized spacial score (nSPS) is 14.7. The summed E-state index contributed by atoms with van der Waals surface area (Å²) >= 11 is 0. The molecule has 7 nitrogen and oxygen atoms in total. The molecule has 1 aromatic carbocycles. The highest BCUT2D eigenvalue weighted by atomic mass is 16.1. The topological polar surface area (TPSA) is 76.8 Å². The van der Waals surface area contributed by atoms with Gasteiger partial charge in [-0.05, 0) is 49.2 Å². The van der Waals surface area contributed by atoms with Gasteiger partial charge in [0.15, 0.2) is 0 Å². The van der Waals surface area contributed by atoms with Crippen molar-refractivity contribution in [3.63, 3.8) is 0 Å². The van der Waals surface area contributed by atoms with E-state index >= 15 is 0 Å². The van der Waals surface area contributed by atoms with E-state index in [1.54, 1.807) is 10.9 Å². The smallest absolute Gasteiger partial charge is 0.255 e. The number of aryl methyl sites for hydroxylation is 1. The minimum atomic E-state index is -0.0405. The Hall–Kier alpha value is -3.45. The monoisotopic (exact) mass is 414 g/mol. The van der Waals surface area contributed by atoms with Crippen LogP contribution in [0.4, 0.5) is 0 Å². The zero-order valence-corrected chi connectivity index (χ0v) is 17.6. The summed E-state index contributed by atoms with van der Waals surface area (Å²) in [5.41, 5.74) is 5.76. The molecule has 0 unspecified atom stereocenters. The number of fused-ring (bicyclic) bond motifs is 1. The number of nitrogens with one attached hydrogen (secondary N) is 2. The van der Waals surface area contributed by atoms with Crippen LogP contribution in [0.3, 0.4) is 0 Å². The number of piperidine rings is 1. The number of rotatable bonds is 5. The van der Waals surface area contributed by atoms with E-state index in [9.17, 15) is 4.79 Å². The number of amides is 1. The molecule has 5 rings (SSSR count). The van der Waals surface area contributed by atoms with E-state index in [1.807, 2.05) is 37.8 Å². The second-order valence-corrected chi connectivity index (χ2v) is 8.14. The maximum absolute atomic E-state index is 13.0. The summed E-state index contributed by atoms with van der Waals surface area (Å²) in [7, 11) is 1.92. The lowest BCUT2D eigenvalue weighted by atomic mass is 10.1. The summed E-state index contributed by atoms with van der Waals surface area (Å²) < 4.78 is 3.91. The van der Waals surface area contributed by atoms with E-state index in [2.05, 4.69) is 49.5 Å². The highest BCUT2D eigenvalue weighted by Crippen LogP contribution is 2.23. The van der Waals surface area contributed by atoms with Crippen molar-refractivity contribution in [3.8, 4) is 11.1 Å². The van der Waals surface area contributed by atoms with Crippen LogP contribution in [0.25, 0.3) is 22.2 Å². The number of hydrogen-bond acceptors (Lipinski definition) is 4. The van der Waals surface area contributed by atoms with E-state index < -0.39 is 0 Å². The largest absolute Gasteiger partial charge is 0.349 e. The van der Waals surface area contributed by atoms with E-state index in [0.717, 1.165) is 48.1 Å². The highest BCUT2D eigenvalue weighted by molar-refractivity contribution is 6.05. The van der Waals surface area contributed by atoms with Gasteiger partial charge in [0.25, 0.3) is 5.91 Å². The molecule has 2 N–H and O–H groups in total. The van der Waals surface area contributed by atoms with E-state index in [1.165, 1.54) is 5.56 Å². The molecular formula is C24H26N6O. The minimum Gasteiger partial charge on any atom is -0.349 e. The molecule has 158 valence electrons. The van der Waals surface area contributed by atoms with Crippen molar-refractivity contribution in [2.24, 2.45) is 7.05 Å². The van der Waals surface area contributed by atoms with Crippen LogP contribution in [-0.4, -0.2) is 44.4 Å². The summed E-state index contributed by atoms with van der Waals surface area (Å²) in [5, 5.41) is 10.8. The molecule has 0 aliphatic carbocycles. The molecule has 1 fully saturated rings. The van der Waals surface area contributed by atoms with Crippen molar-refractivity contribution < 1.29 is 4.79 Å². The second kappa shape index (κ2) is 8.35. The Morgan fingerprint density at radius 1 is 1.13 bits per heavy atom. The Morgan fingerprint density at radius 2 is 1.94 bits per heavy atom. The quantitative estimate of drug-likeness (QED) is 0.526. The van der Waals surface area contributed by atoms with E-state index in [-0.39, 0.29) is 11.9 Å². The first-order valence-corrected chi connectivity index (χ1v) is 10.7. The fourth-order valence-electron chi connectivity index (χ4n) is 4.22. The molecular weight excluding hydrogens is 388 g/mol. The number of pyridine rings is 1. The Balaban J connectivity index is 1.39. The van der Waals surface area contributed by atoms with Crippen LogP contribution in [0, 0.1) is 0 Å². The first-order chi connectivity index (χ1) is 15.2. The van der Waals surface area contributed by atoms with Gasteiger partial charge in [0.1, 0.15) is 5.52 Å². The van der Waals surface area contributed by atoms with Gasteiger partial charge in [-0.2, -0.15) is 5.10 Å². The summed E-state index contributed by atoms with van der Waals surface area (Å²) in [6.45, 7) is 2.57. The minimum absolute atomic E-state index is 0.0405. The molecule has 3 aromatic heterocycles. The van der Waals surface area contributed by atoms with E-state index in [4.69, 9.17) is 0 Å². The molecule has 0 saturated carbocycles. The first kappa shape index (κ1) is 19.5. The predicted molar refractivity (Wildman–Crippen MR) is 121 cm³/mol. The molecule has 4 heterocycles. The number of carbonyl (C=O) groups is 1. The SMILES string of the molecule is Cn1cc(-c2ccc(Cn3cc(C(=O)NC4CCNCC4)c4ncccc43)cc2)cn1. The molecule has 0 spiro atoms. The van der Waals surface area contributed by atoms with Crippen LogP contribution < -0.4 is 10.6 Å². The molecule has 0 radical (unpaired) electrons. The summed E-state index contributed by atoms with van der Waals surface area (Å²) in [5.74, 6) is -0.0405. The summed E-state index contributed by atoms with van der Waals surface area (Å²) in [6.07, 6.45) is 9.47. The van der Waals surface area contributed by atoms with Crippen LogP contribution in [0.2, 0.25) is 0 Å². The zero-order valence-electron chi connectivity index (χ0n) is 17.6.